The SMILES string of the molecule is CC(C)C1CC(CC(=O)O)c2c(Sc3ccc(Cl)c(Cl)c3)c3cnccc3n21. The molecular weight excluding hydrogens is 415 g/mol. The second kappa shape index (κ2) is 7.62. The molecule has 1 aliphatic heterocycles. The molecule has 4 rings (SSSR count). The van der Waals surface area contributed by atoms with Crippen LogP contribution in [0.2, 0.25) is 10.0 Å². The molecule has 2 atom stereocenters. The Balaban J connectivity index is 1.90. The highest BCUT2D eigenvalue weighted by Crippen LogP contribution is 2.52. The van der Waals surface area contributed by atoms with Gasteiger partial charge < -0.3 is 9.67 Å². The van der Waals surface area contributed by atoms with Crippen molar-refractivity contribution in [2.75, 3.05) is 0 Å². The van der Waals surface area contributed by atoms with Crippen molar-refractivity contribution in [3.63, 3.8) is 0 Å². The molecule has 4 nitrogen and oxygen atoms in total. The van der Waals surface area contributed by atoms with Gasteiger partial charge in [0.05, 0.1) is 22.0 Å². The number of carbonyl (C=O) groups is 1. The zero-order chi connectivity index (χ0) is 20.0. The number of carboxylic acid groups (broad SMARTS) is 1. The normalized spacial score (nSPS) is 18.8. The number of hydrogen-bond donors (Lipinski definition) is 1. The van der Waals surface area contributed by atoms with E-state index in [0.717, 1.165) is 32.8 Å². The third-order valence-corrected chi connectivity index (χ3v) is 7.20. The van der Waals surface area contributed by atoms with E-state index >= 15 is 0 Å². The van der Waals surface area contributed by atoms with Crippen LogP contribution in [0.4, 0.5) is 0 Å². The van der Waals surface area contributed by atoms with Gasteiger partial charge in [-0.1, -0.05) is 48.8 Å². The highest BCUT2D eigenvalue weighted by atomic mass is 35.5. The number of nitrogens with zero attached hydrogens (tertiary/aromatic N) is 2. The lowest BCUT2D eigenvalue weighted by molar-refractivity contribution is -0.137. The summed E-state index contributed by atoms with van der Waals surface area (Å²) in [5.74, 6) is -0.387. The van der Waals surface area contributed by atoms with Crippen molar-refractivity contribution in [2.24, 2.45) is 5.92 Å². The maximum atomic E-state index is 11.5. The molecule has 0 spiro atoms. The fraction of sp³-hybridized carbons (Fsp3) is 0.333. The number of fused-ring (bicyclic) bond motifs is 3. The number of aliphatic carboxylic acids is 1. The van der Waals surface area contributed by atoms with Gasteiger partial charge in [0.1, 0.15) is 0 Å². The van der Waals surface area contributed by atoms with Crippen LogP contribution in [0.5, 0.6) is 0 Å². The number of pyridine rings is 1. The summed E-state index contributed by atoms with van der Waals surface area (Å²) in [5, 5.41) is 11.6. The van der Waals surface area contributed by atoms with Crippen LogP contribution >= 0.6 is 35.0 Å². The molecule has 28 heavy (non-hydrogen) atoms. The van der Waals surface area contributed by atoms with E-state index in [0.29, 0.717) is 16.0 Å². The van der Waals surface area contributed by atoms with E-state index < -0.39 is 5.97 Å². The van der Waals surface area contributed by atoms with E-state index in [9.17, 15) is 9.90 Å². The van der Waals surface area contributed by atoms with Gasteiger partial charge in [0, 0.05) is 45.2 Å². The first-order valence-electron chi connectivity index (χ1n) is 9.19. The molecule has 1 aromatic carbocycles. The van der Waals surface area contributed by atoms with E-state index in [1.165, 1.54) is 0 Å². The van der Waals surface area contributed by atoms with Gasteiger partial charge in [0.2, 0.25) is 0 Å². The van der Waals surface area contributed by atoms with Crippen molar-refractivity contribution >= 4 is 51.8 Å². The van der Waals surface area contributed by atoms with Crippen molar-refractivity contribution in [1.82, 2.24) is 9.55 Å². The van der Waals surface area contributed by atoms with Crippen LogP contribution in [0, 0.1) is 5.92 Å². The van der Waals surface area contributed by atoms with Gasteiger partial charge in [-0.15, -0.1) is 0 Å². The first-order chi connectivity index (χ1) is 13.4. The molecule has 0 amide bonds. The molecule has 1 N–H and O–H groups in total. The maximum Gasteiger partial charge on any atom is 0.304 e. The number of halogens is 2. The topological polar surface area (TPSA) is 55.1 Å². The molecule has 3 aromatic rings. The quantitative estimate of drug-likeness (QED) is 0.487. The van der Waals surface area contributed by atoms with Gasteiger partial charge in [-0.05, 0) is 36.6 Å². The van der Waals surface area contributed by atoms with Gasteiger partial charge in [0.15, 0.2) is 0 Å². The second-order valence-corrected chi connectivity index (χ2v) is 9.40. The lowest BCUT2D eigenvalue weighted by Gasteiger charge is -2.19. The Bertz CT molecular complexity index is 1060. The number of benzene rings is 1. The summed E-state index contributed by atoms with van der Waals surface area (Å²) in [6, 6.07) is 7.87. The van der Waals surface area contributed by atoms with Gasteiger partial charge in [-0.25, -0.2) is 0 Å². The van der Waals surface area contributed by atoms with Crippen LogP contribution in [0.15, 0.2) is 46.5 Å². The van der Waals surface area contributed by atoms with E-state index in [4.69, 9.17) is 23.2 Å². The number of hydrogen-bond acceptors (Lipinski definition) is 3. The summed E-state index contributed by atoms with van der Waals surface area (Å²) in [4.78, 5) is 17.9. The van der Waals surface area contributed by atoms with Gasteiger partial charge in [-0.3, -0.25) is 9.78 Å². The van der Waals surface area contributed by atoms with Crippen molar-refractivity contribution < 1.29 is 9.90 Å². The van der Waals surface area contributed by atoms with Gasteiger partial charge in [-0.2, -0.15) is 0 Å². The third kappa shape index (κ3) is 3.40. The largest absolute Gasteiger partial charge is 0.481 e. The summed E-state index contributed by atoms with van der Waals surface area (Å²) >= 11 is 13.9. The minimum Gasteiger partial charge on any atom is -0.481 e. The second-order valence-electron chi connectivity index (χ2n) is 7.50. The van der Waals surface area contributed by atoms with Gasteiger partial charge >= 0.3 is 5.97 Å². The Hall–Kier alpha value is -1.69. The Labute approximate surface area is 177 Å². The number of carboxylic acids is 1. The molecule has 0 fully saturated rings. The first-order valence-corrected chi connectivity index (χ1v) is 10.8. The lowest BCUT2D eigenvalue weighted by Crippen LogP contribution is -2.10. The molecule has 7 heteroatoms. The van der Waals surface area contributed by atoms with E-state index in [-0.39, 0.29) is 18.4 Å². The van der Waals surface area contributed by atoms with Gasteiger partial charge in [0.25, 0.3) is 0 Å². The zero-order valence-electron chi connectivity index (χ0n) is 15.5. The molecule has 2 unspecified atom stereocenters. The van der Waals surface area contributed by atoms with E-state index in [1.54, 1.807) is 24.0 Å². The molecule has 0 bridgehead atoms. The lowest BCUT2D eigenvalue weighted by atomic mass is 9.93. The predicted molar refractivity (Wildman–Crippen MR) is 114 cm³/mol. The molecular formula is C21H20Cl2N2O2S. The molecule has 2 aromatic heterocycles. The molecule has 3 heterocycles. The Morgan fingerprint density at radius 3 is 2.79 bits per heavy atom. The maximum absolute atomic E-state index is 11.5. The molecule has 0 saturated heterocycles. The minimum atomic E-state index is -0.769. The highest BCUT2D eigenvalue weighted by Gasteiger charge is 2.38. The summed E-state index contributed by atoms with van der Waals surface area (Å²) in [6.07, 6.45) is 4.63. The van der Waals surface area contributed by atoms with Crippen LogP contribution < -0.4 is 0 Å². The van der Waals surface area contributed by atoms with Crippen LogP contribution in [0.1, 0.15) is 44.3 Å². The molecule has 0 saturated carbocycles. The van der Waals surface area contributed by atoms with Crippen LogP contribution in [0.3, 0.4) is 0 Å². The highest BCUT2D eigenvalue weighted by molar-refractivity contribution is 7.99. The number of rotatable bonds is 5. The third-order valence-electron chi connectivity index (χ3n) is 5.34. The summed E-state index contributed by atoms with van der Waals surface area (Å²) in [5.41, 5.74) is 2.21. The van der Waals surface area contributed by atoms with Crippen molar-refractivity contribution in [1.29, 1.82) is 0 Å². The van der Waals surface area contributed by atoms with Crippen molar-refractivity contribution in [2.45, 2.75) is 48.4 Å². The first kappa shape index (κ1) is 19.6. The minimum absolute atomic E-state index is 0.0254. The predicted octanol–water partition coefficient (Wildman–Crippen LogP) is 6.65. The average Bonchev–Trinajstić information content (AvgIpc) is 3.15. The Morgan fingerprint density at radius 2 is 2.11 bits per heavy atom. The smallest absolute Gasteiger partial charge is 0.304 e. The number of aromatic nitrogens is 2. The Kier molecular flexibility index (Phi) is 5.34. The Morgan fingerprint density at radius 1 is 1.32 bits per heavy atom. The molecule has 146 valence electrons. The van der Waals surface area contributed by atoms with Crippen molar-refractivity contribution in [3.05, 3.63) is 52.4 Å². The summed E-state index contributed by atoms with van der Waals surface area (Å²) in [6.45, 7) is 4.38. The van der Waals surface area contributed by atoms with Crippen molar-refractivity contribution in [3.8, 4) is 0 Å². The summed E-state index contributed by atoms with van der Waals surface area (Å²) < 4.78 is 2.34. The van der Waals surface area contributed by atoms with Crippen LogP contribution in [-0.4, -0.2) is 20.6 Å². The van der Waals surface area contributed by atoms with Crippen LogP contribution in [-0.2, 0) is 4.79 Å². The standard InChI is InChI=1S/C21H20Cl2N2O2S/c1-11(2)18-7-12(8-19(26)27)20-21(14-10-24-6-5-17(14)25(18)20)28-13-3-4-15(22)16(23)9-13/h3-6,9-12,18H,7-8H2,1-2H3,(H,26,27). The fourth-order valence-electron chi connectivity index (χ4n) is 4.12. The van der Waals surface area contributed by atoms with E-state index in [2.05, 4.69) is 23.4 Å². The zero-order valence-corrected chi connectivity index (χ0v) is 17.9. The molecule has 0 radical (unpaired) electrons. The summed E-state index contributed by atoms with van der Waals surface area (Å²) in [7, 11) is 0. The monoisotopic (exact) mass is 434 g/mol. The molecule has 0 aliphatic carbocycles. The van der Waals surface area contributed by atoms with Crippen LogP contribution in [0.25, 0.3) is 10.9 Å². The average molecular weight is 435 g/mol. The van der Waals surface area contributed by atoms with E-state index in [1.807, 2.05) is 24.4 Å². The fourth-order valence-corrected chi connectivity index (χ4v) is 5.67. The molecule has 1 aliphatic rings.